The maximum absolute atomic E-state index is 6.17. The van der Waals surface area contributed by atoms with Gasteiger partial charge in [0.1, 0.15) is 11.5 Å². The van der Waals surface area contributed by atoms with Crippen molar-refractivity contribution in [2.45, 2.75) is 88.9 Å². The molecule has 0 saturated heterocycles. The first-order valence-corrected chi connectivity index (χ1v) is 12.7. The van der Waals surface area contributed by atoms with Crippen molar-refractivity contribution in [1.29, 1.82) is 0 Å². The lowest BCUT2D eigenvalue weighted by Gasteiger charge is -2.39. The SMILES string of the molecule is COCOc1ccc(OCOC)c2c1[C@@H]1CCCCCC/C=C1/C1=C/CCCCCC[C@@H]12. The van der Waals surface area contributed by atoms with Crippen molar-refractivity contribution in [1.82, 2.24) is 0 Å². The summed E-state index contributed by atoms with van der Waals surface area (Å²) in [5, 5.41) is 0. The molecule has 4 rings (SSSR count). The van der Waals surface area contributed by atoms with Gasteiger partial charge in [-0.15, -0.1) is 0 Å². The molecule has 0 spiro atoms. The third-order valence-corrected chi connectivity index (χ3v) is 7.28. The van der Waals surface area contributed by atoms with Gasteiger partial charge < -0.3 is 18.9 Å². The highest BCUT2D eigenvalue weighted by Crippen LogP contribution is 2.56. The second-order valence-electron chi connectivity index (χ2n) is 9.40. The van der Waals surface area contributed by atoms with Gasteiger partial charge in [-0.25, -0.2) is 0 Å². The van der Waals surface area contributed by atoms with Crippen molar-refractivity contribution < 1.29 is 18.9 Å². The molecule has 176 valence electrons. The molecular formula is C28H40O4. The van der Waals surface area contributed by atoms with E-state index in [1.54, 1.807) is 25.4 Å². The molecule has 32 heavy (non-hydrogen) atoms. The Hall–Kier alpha value is -1.78. The number of methoxy groups -OCH3 is 2. The molecule has 1 aromatic rings. The van der Waals surface area contributed by atoms with Crippen molar-refractivity contribution >= 4 is 0 Å². The third kappa shape index (κ3) is 5.23. The Morgan fingerprint density at radius 2 is 1.06 bits per heavy atom. The van der Waals surface area contributed by atoms with Gasteiger partial charge in [-0.05, 0) is 61.8 Å². The van der Waals surface area contributed by atoms with Crippen LogP contribution in [0.2, 0.25) is 0 Å². The Bertz CT molecular complexity index is 743. The van der Waals surface area contributed by atoms with E-state index in [4.69, 9.17) is 18.9 Å². The quantitative estimate of drug-likeness (QED) is 0.432. The summed E-state index contributed by atoms with van der Waals surface area (Å²) in [4.78, 5) is 0. The predicted octanol–water partition coefficient (Wildman–Crippen LogP) is 7.39. The van der Waals surface area contributed by atoms with Crippen LogP contribution in [0.15, 0.2) is 35.4 Å². The van der Waals surface area contributed by atoms with Crippen LogP contribution in [-0.2, 0) is 9.47 Å². The topological polar surface area (TPSA) is 36.9 Å². The Morgan fingerprint density at radius 3 is 1.50 bits per heavy atom. The van der Waals surface area contributed by atoms with Gasteiger partial charge in [0.15, 0.2) is 13.6 Å². The van der Waals surface area contributed by atoms with Crippen LogP contribution in [0.3, 0.4) is 0 Å². The van der Waals surface area contributed by atoms with Gasteiger partial charge in [0, 0.05) is 37.2 Å². The maximum Gasteiger partial charge on any atom is 0.188 e. The van der Waals surface area contributed by atoms with E-state index in [9.17, 15) is 0 Å². The summed E-state index contributed by atoms with van der Waals surface area (Å²) in [5.41, 5.74) is 5.81. The molecule has 0 aliphatic heterocycles. The highest BCUT2D eigenvalue weighted by Gasteiger charge is 2.38. The average molecular weight is 441 g/mol. The minimum Gasteiger partial charge on any atom is -0.467 e. The zero-order chi connectivity index (χ0) is 22.2. The van der Waals surface area contributed by atoms with E-state index >= 15 is 0 Å². The number of ether oxygens (including phenoxy) is 4. The van der Waals surface area contributed by atoms with Crippen LogP contribution in [-0.4, -0.2) is 27.8 Å². The van der Waals surface area contributed by atoms with Gasteiger partial charge in [-0.3, -0.25) is 0 Å². The van der Waals surface area contributed by atoms with E-state index < -0.39 is 0 Å². The smallest absolute Gasteiger partial charge is 0.188 e. The van der Waals surface area contributed by atoms with Crippen molar-refractivity contribution in [3.05, 3.63) is 46.6 Å². The lowest BCUT2D eigenvalue weighted by atomic mass is 9.66. The van der Waals surface area contributed by atoms with E-state index in [0.717, 1.165) is 11.5 Å². The molecule has 0 amide bonds. The van der Waals surface area contributed by atoms with Crippen molar-refractivity contribution in [2.75, 3.05) is 27.8 Å². The predicted molar refractivity (Wildman–Crippen MR) is 129 cm³/mol. The molecule has 3 aliphatic rings. The van der Waals surface area contributed by atoms with Crippen molar-refractivity contribution in [2.24, 2.45) is 0 Å². The van der Waals surface area contributed by atoms with Gasteiger partial charge in [0.2, 0.25) is 0 Å². The average Bonchev–Trinajstić information content (AvgIpc) is 3.01. The Balaban J connectivity index is 1.91. The third-order valence-electron chi connectivity index (χ3n) is 7.28. The van der Waals surface area contributed by atoms with Crippen LogP contribution in [0.4, 0.5) is 0 Å². The molecular weight excluding hydrogens is 400 g/mol. The largest absolute Gasteiger partial charge is 0.467 e. The zero-order valence-electron chi connectivity index (χ0n) is 20.0. The second kappa shape index (κ2) is 11.9. The molecule has 0 fully saturated rings. The standard InChI is InChI=1S/C28H40O4/c1-29-19-31-25-17-18-26(32-20-30-2)28-24-16-12-8-4-6-10-14-22(24)21-13-9-5-3-7-11-15-23(21)27(25)28/h13-14,17-18,23-24H,3-12,15-16,19-20H2,1-2H3/b21-13-,22-14-/t23-,24+. The summed E-state index contributed by atoms with van der Waals surface area (Å²) in [5.74, 6) is 2.65. The van der Waals surface area contributed by atoms with Crippen LogP contribution < -0.4 is 9.47 Å². The summed E-state index contributed by atoms with van der Waals surface area (Å²) in [7, 11) is 3.37. The first-order chi connectivity index (χ1) is 15.8. The fourth-order valence-electron chi connectivity index (χ4n) is 5.85. The van der Waals surface area contributed by atoms with Crippen LogP contribution in [0.25, 0.3) is 0 Å². The molecule has 2 atom stereocenters. The molecule has 0 saturated carbocycles. The van der Waals surface area contributed by atoms with Crippen LogP contribution in [0.1, 0.15) is 100 Å². The summed E-state index contributed by atoms with van der Waals surface area (Å²) in [6.07, 6.45) is 20.2. The number of rotatable bonds is 6. The van der Waals surface area contributed by atoms with Crippen LogP contribution >= 0.6 is 0 Å². The summed E-state index contributed by atoms with van der Waals surface area (Å²) in [6, 6.07) is 4.16. The molecule has 4 heteroatoms. The number of allylic oxidation sites excluding steroid dienone is 4. The summed E-state index contributed by atoms with van der Waals surface area (Å²) >= 11 is 0. The van der Waals surface area contributed by atoms with E-state index in [0.29, 0.717) is 11.8 Å². The summed E-state index contributed by atoms with van der Waals surface area (Å²) in [6.45, 7) is 0.535. The molecule has 3 aliphatic carbocycles. The first kappa shape index (κ1) is 23.4. The van der Waals surface area contributed by atoms with Gasteiger partial charge in [0.25, 0.3) is 0 Å². The van der Waals surface area contributed by atoms with E-state index in [2.05, 4.69) is 24.3 Å². The minimum atomic E-state index is 0.268. The zero-order valence-corrected chi connectivity index (χ0v) is 20.0. The van der Waals surface area contributed by atoms with Crippen LogP contribution in [0, 0.1) is 0 Å². The number of benzene rings is 1. The molecule has 0 radical (unpaired) electrons. The monoisotopic (exact) mass is 440 g/mol. The van der Waals surface area contributed by atoms with Crippen molar-refractivity contribution in [3.8, 4) is 11.5 Å². The van der Waals surface area contributed by atoms with E-state index in [1.165, 1.54) is 88.2 Å². The van der Waals surface area contributed by atoms with E-state index in [-0.39, 0.29) is 13.6 Å². The molecule has 0 heterocycles. The Kier molecular flexibility index (Phi) is 8.69. The number of hydrogen-bond acceptors (Lipinski definition) is 4. The highest BCUT2D eigenvalue weighted by atomic mass is 16.7. The first-order valence-electron chi connectivity index (χ1n) is 12.7. The van der Waals surface area contributed by atoms with Crippen molar-refractivity contribution in [3.63, 3.8) is 0 Å². The van der Waals surface area contributed by atoms with Crippen LogP contribution in [0.5, 0.6) is 11.5 Å². The lowest BCUT2D eigenvalue weighted by molar-refractivity contribution is 0.0467. The lowest BCUT2D eigenvalue weighted by Crippen LogP contribution is -2.23. The highest BCUT2D eigenvalue weighted by molar-refractivity contribution is 5.64. The Morgan fingerprint density at radius 1 is 0.625 bits per heavy atom. The normalized spacial score (nSPS) is 27.2. The fourth-order valence-corrected chi connectivity index (χ4v) is 5.85. The molecule has 0 N–H and O–H groups in total. The number of hydrogen-bond donors (Lipinski definition) is 0. The Labute approximate surface area is 194 Å². The van der Waals surface area contributed by atoms with Gasteiger partial charge in [0.05, 0.1) is 0 Å². The second-order valence-corrected chi connectivity index (χ2v) is 9.40. The van der Waals surface area contributed by atoms with E-state index in [1.807, 2.05) is 0 Å². The number of fused-ring (bicyclic) bond motifs is 6. The van der Waals surface area contributed by atoms with Gasteiger partial charge in [-0.1, -0.05) is 50.7 Å². The molecule has 1 aromatic carbocycles. The molecule has 4 nitrogen and oxygen atoms in total. The van der Waals surface area contributed by atoms with Gasteiger partial charge in [-0.2, -0.15) is 0 Å². The molecule has 0 aromatic heterocycles. The molecule has 0 unspecified atom stereocenters. The van der Waals surface area contributed by atoms with Gasteiger partial charge >= 0.3 is 0 Å². The fraction of sp³-hybridized carbons (Fsp3) is 0.643. The minimum absolute atomic E-state index is 0.268. The maximum atomic E-state index is 6.17. The molecule has 0 bridgehead atoms. The summed E-state index contributed by atoms with van der Waals surface area (Å²) < 4.78 is 22.9.